The van der Waals surface area contributed by atoms with E-state index in [0.717, 1.165) is 47.5 Å². The quantitative estimate of drug-likeness (QED) is 0.299. The predicted octanol–water partition coefficient (Wildman–Crippen LogP) is 5.72. The Morgan fingerprint density at radius 3 is 2.36 bits per heavy atom. The molecule has 8 nitrogen and oxygen atoms in total. The number of carbonyl (C=O) groups is 2. The third-order valence-corrected chi connectivity index (χ3v) is 9.61. The molecule has 0 aliphatic heterocycles. The van der Waals surface area contributed by atoms with E-state index in [4.69, 9.17) is 16.3 Å². The van der Waals surface area contributed by atoms with Crippen LogP contribution in [0.25, 0.3) is 0 Å². The number of anilines is 1. The van der Waals surface area contributed by atoms with E-state index in [0.29, 0.717) is 10.8 Å². The first-order chi connectivity index (χ1) is 20.1. The lowest BCUT2D eigenvalue weighted by Gasteiger charge is -2.33. The first-order valence-electron chi connectivity index (χ1n) is 14.2. The summed E-state index contributed by atoms with van der Waals surface area (Å²) < 4.78 is 34.3. The van der Waals surface area contributed by atoms with Crippen LogP contribution in [0.1, 0.15) is 50.2 Å². The first-order valence-corrected chi connectivity index (χ1v) is 16.0. The van der Waals surface area contributed by atoms with E-state index in [2.05, 4.69) is 5.32 Å². The summed E-state index contributed by atoms with van der Waals surface area (Å²) in [6.45, 7) is 3.10. The average molecular weight is 612 g/mol. The fourth-order valence-corrected chi connectivity index (χ4v) is 6.71. The number of nitrogens with one attached hydrogen (secondary N) is 1. The molecular weight excluding hydrogens is 574 g/mol. The first kappa shape index (κ1) is 31.4. The third kappa shape index (κ3) is 7.83. The van der Waals surface area contributed by atoms with Crippen LogP contribution in [0.3, 0.4) is 0 Å². The molecule has 0 bridgehead atoms. The number of nitrogens with zero attached hydrogens (tertiary/aromatic N) is 2. The van der Waals surface area contributed by atoms with Gasteiger partial charge in [0, 0.05) is 17.6 Å². The number of amides is 2. The maximum Gasteiger partial charge on any atom is 0.264 e. The SMILES string of the molecule is COc1cccc(CN(C(=O)CN(c2cccc(Cl)c2)S(=O)(=O)c2ccc(C)cc2)[C@H](C)C(=O)NC2CCCCC2)c1. The van der Waals surface area contributed by atoms with Crippen molar-refractivity contribution in [2.75, 3.05) is 18.0 Å². The number of ether oxygens (including phenoxy) is 1. The highest BCUT2D eigenvalue weighted by Gasteiger charge is 2.33. The monoisotopic (exact) mass is 611 g/mol. The second kappa shape index (κ2) is 14.1. The molecule has 4 rings (SSSR count). The van der Waals surface area contributed by atoms with Crippen LogP contribution in [-0.4, -0.2) is 50.9 Å². The summed E-state index contributed by atoms with van der Waals surface area (Å²) in [6, 6.07) is 19.3. The molecule has 0 unspecified atom stereocenters. The summed E-state index contributed by atoms with van der Waals surface area (Å²) in [7, 11) is -2.61. The molecule has 42 heavy (non-hydrogen) atoms. The minimum atomic E-state index is -4.16. The molecule has 0 aromatic heterocycles. The van der Waals surface area contributed by atoms with Crippen LogP contribution in [0.2, 0.25) is 5.02 Å². The molecule has 1 aliphatic carbocycles. The molecule has 224 valence electrons. The van der Waals surface area contributed by atoms with E-state index in [9.17, 15) is 18.0 Å². The fourth-order valence-electron chi connectivity index (χ4n) is 5.12. The van der Waals surface area contributed by atoms with Crippen LogP contribution in [0.5, 0.6) is 5.75 Å². The summed E-state index contributed by atoms with van der Waals surface area (Å²) in [5.74, 6) is -0.185. The molecule has 0 radical (unpaired) electrons. The van der Waals surface area contributed by atoms with Gasteiger partial charge in [0.1, 0.15) is 18.3 Å². The summed E-state index contributed by atoms with van der Waals surface area (Å²) in [5.41, 5.74) is 1.90. The zero-order chi connectivity index (χ0) is 30.3. The van der Waals surface area contributed by atoms with E-state index in [1.807, 2.05) is 19.1 Å². The Balaban J connectivity index is 1.68. The molecule has 1 aliphatic rings. The van der Waals surface area contributed by atoms with Crippen molar-refractivity contribution in [2.45, 2.75) is 69.5 Å². The Kier molecular flexibility index (Phi) is 10.5. The van der Waals surface area contributed by atoms with E-state index in [1.165, 1.54) is 23.1 Å². The second-order valence-electron chi connectivity index (χ2n) is 10.7. The van der Waals surface area contributed by atoms with Gasteiger partial charge >= 0.3 is 0 Å². The lowest BCUT2D eigenvalue weighted by atomic mass is 9.95. The van der Waals surface area contributed by atoms with Crippen molar-refractivity contribution >= 4 is 39.1 Å². The number of halogens is 1. The van der Waals surface area contributed by atoms with Crippen LogP contribution in [0.15, 0.2) is 77.7 Å². The third-order valence-electron chi connectivity index (χ3n) is 7.59. The van der Waals surface area contributed by atoms with Gasteiger partial charge in [0.05, 0.1) is 17.7 Å². The van der Waals surface area contributed by atoms with E-state index < -0.39 is 28.5 Å². The molecule has 2 amide bonds. The van der Waals surface area contributed by atoms with Crippen molar-refractivity contribution in [1.29, 1.82) is 0 Å². The number of methoxy groups -OCH3 is 1. The summed E-state index contributed by atoms with van der Waals surface area (Å²) in [4.78, 5) is 29.0. The normalized spacial score (nSPS) is 14.6. The smallest absolute Gasteiger partial charge is 0.264 e. The molecule has 0 spiro atoms. The van der Waals surface area contributed by atoms with Gasteiger partial charge in [0.15, 0.2) is 0 Å². The topological polar surface area (TPSA) is 96.0 Å². The van der Waals surface area contributed by atoms with Crippen molar-refractivity contribution in [3.8, 4) is 5.75 Å². The number of carbonyl (C=O) groups excluding carboxylic acids is 2. The summed E-state index contributed by atoms with van der Waals surface area (Å²) in [5, 5.41) is 3.44. The van der Waals surface area contributed by atoms with Crippen LogP contribution in [-0.2, 0) is 26.2 Å². The van der Waals surface area contributed by atoms with Crippen molar-refractivity contribution < 1.29 is 22.7 Å². The molecular formula is C32H38ClN3O5S. The van der Waals surface area contributed by atoms with Crippen LogP contribution in [0.4, 0.5) is 5.69 Å². The molecule has 10 heteroatoms. The molecule has 3 aromatic carbocycles. The molecule has 1 atom stereocenters. The van der Waals surface area contributed by atoms with Gasteiger partial charge in [0.2, 0.25) is 11.8 Å². The van der Waals surface area contributed by atoms with Crippen molar-refractivity contribution in [1.82, 2.24) is 10.2 Å². The Morgan fingerprint density at radius 1 is 1.00 bits per heavy atom. The number of aryl methyl sites for hydroxylation is 1. The molecule has 1 N–H and O–H groups in total. The van der Waals surface area contributed by atoms with Gasteiger partial charge in [-0.05, 0) is 74.7 Å². The molecule has 0 saturated heterocycles. The minimum absolute atomic E-state index is 0.0447. The zero-order valence-electron chi connectivity index (χ0n) is 24.3. The molecule has 0 heterocycles. The van der Waals surface area contributed by atoms with Gasteiger partial charge in [-0.2, -0.15) is 0 Å². The molecule has 3 aromatic rings. The summed E-state index contributed by atoms with van der Waals surface area (Å²) in [6.07, 6.45) is 5.06. The van der Waals surface area contributed by atoms with Crippen LogP contribution in [0, 0.1) is 6.92 Å². The number of sulfonamides is 1. The van der Waals surface area contributed by atoms with Crippen molar-refractivity contribution in [3.63, 3.8) is 0 Å². The molecule has 1 saturated carbocycles. The highest BCUT2D eigenvalue weighted by atomic mass is 35.5. The van der Waals surface area contributed by atoms with Gasteiger partial charge in [-0.1, -0.05) is 66.8 Å². The van der Waals surface area contributed by atoms with Gasteiger partial charge in [-0.25, -0.2) is 8.42 Å². The minimum Gasteiger partial charge on any atom is -0.497 e. The number of hydrogen-bond acceptors (Lipinski definition) is 5. The predicted molar refractivity (Wildman–Crippen MR) is 165 cm³/mol. The standard InChI is InChI=1S/C32H38ClN3O5S/c1-23-15-17-30(18-16-23)42(39,40)36(28-13-8-10-26(33)20-28)22-31(37)35(21-25-9-7-14-29(19-25)41-3)24(2)32(38)34-27-11-5-4-6-12-27/h7-10,13-20,24,27H,4-6,11-12,21-22H2,1-3H3,(H,34,38)/t24-/m1/s1. The largest absolute Gasteiger partial charge is 0.497 e. The van der Waals surface area contributed by atoms with Crippen molar-refractivity contribution in [2.24, 2.45) is 0 Å². The van der Waals surface area contributed by atoms with Gasteiger partial charge in [-0.3, -0.25) is 13.9 Å². The van der Waals surface area contributed by atoms with Crippen molar-refractivity contribution in [3.05, 3.63) is 88.9 Å². The van der Waals surface area contributed by atoms with Gasteiger partial charge in [0.25, 0.3) is 10.0 Å². The average Bonchev–Trinajstić information content (AvgIpc) is 2.99. The maximum atomic E-state index is 14.1. The maximum absolute atomic E-state index is 14.1. The molecule has 1 fully saturated rings. The summed E-state index contributed by atoms with van der Waals surface area (Å²) >= 11 is 6.24. The van der Waals surface area contributed by atoms with Gasteiger partial charge < -0.3 is 15.0 Å². The Labute approximate surface area is 253 Å². The Hall–Kier alpha value is -3.56. The van der Waals surface area contributed by atoms with E-state index >= 15 is 0 Å². The lowest BCUT2D eigenvalue weighted by Crippen LogP contribution is -2.53. The number of rotatable bonds is 11. The fraction of sp³-hybridized carbons (Fsp3) is 0.375. The van der Waals surface area contributed by atoms with E-state index in [1.54, 1.807) is 56.5 Å². The Bertz CT molecular complexity index is 1490. The second-order valence-corrected chi connectivity index (χ2v) is 13.0. The highest BCUT2D eigenvalue weighted by molar-refractivity contribution is 7.92. The zero-order valence-corrected chi connectivity index (χ0v) is 25.8. The number of benzene rings is 3. The van der Waals surface area contributed by atoms with Gasteiger partial charge in [-0.15, -0.1) is 0 Å². The Morgan fingerprint density at radius 2 is 1.69 bits per heavy atom. The van der Waals surface area contributed by atoms with E-state index in [-0.39, 0.29) is 29.1 Å². The van der Waals surface area contributed by atoms with Crippen LogP contribution < -0.4 is 14.4 Å². The highest BCUT2D eigenvalue weighted by Crippen LogP contribution is 2.27. The number of hydrogen-bond donors (Lipinski definition) is 1. The lowest BCUT2D eigenvalue weighted by molar-refractivity contribution is -0.139. The van der Waals surface area contributed by atoms with Crippen LogP contribution >= 0.6 is 11.6 Å².